The fraction of sp³-hybridized carbons (Fsp3) is 0.0909. The van der Waals surface area contributed by atoms with Gasteiger partial charge in [0.1, 0.15) is 0 Å². The highest BCUT2D eigenvalue weighted by molar-refractivity contribution is 14.1. The Hall–Kier alpha value is -1.37. The largest absolute Gasteiger partial charge is 0.366 e. The number of amides is 2. The maximum Gasteiger partial charge on any atom is 0.248 e. The topological polar surface area (TPSA) is 72.2 Å². The lowest BCUT2D eigenvalue weighted by molar-refractivity contribution is -0.115. The molecule has 1 aromatic rings. The van der Waals surface area contributed by atoms with Gasteiger partial charge in [0.15, 0.2) is 0 Å². The molecule has 3 N–H and O–H groups in total. The van der Waals surface area contributed by atoms with E-state index < -0.39 is 5.91 Å². The van der Waals surface area contributed by atoms with Gasteiger partial charge >= 0.3 is 0 Å². The summed E-state index contributed by atoms with van der Waals surface area (Å²) >= 11 is 2.19. The fourth-order valence-electron chi connectivity index (χ4n) is 1.10. The molecule has 0 aliphatic rings. The van der Waals surface area contributed by atoms with Crippen molar-refractivity contribution in [3.63, 3.8) is 0 Å². The lowest BCUT2D eigenvalue weighted by Crippen LogP contribution is -2.12. The second-order valence-corrected chi connectivity index (χ2v) is 4.43. The van der Waals surface area contributed by atoms with Crippen molar-refractivity contribution in [3.8, 4) is 0 Å². The molecular weight excluding hydrogens is 319 g/mol. The minimum absolute atomic E-state index is 0.372. The SMILES string of the molecule is Cc1cc(I)ccc1NC(=O)/C=C\C(N)=O. The van der Waals surface area contributed by atoms with E-state index in [4.69, 9.17) is 5.73 Å². The molecular formula is C11H11IN2O2. The molecule has 4 nitrogen and oxygen atoms in total. The predicted molar refractivity (Wildman–Crippen MR) is 70.9 cm³/mol. The molecule has 0 unspecified atom stereocenters. The number of carbonyl (C=O) groups excluding carboxylic acids is 2. The van der Waals surface area contributed by atoms with Crippen LogP contribution in [0.1, 0.15) is 5.56 Å². The number of carbonyl (C=O) groups is 2. The number of benzene rings is 1. The van der Waals surface area contributed by atoms with Crippen molar-refractivity contribution in [3.05, 3.63) is 39.5 Å². The molecule has 0 saturated heterocycles. The van der Waals surface area contributed by atoms with Crippen LogP contribution in [0.5, 0.6) is 0 Å². The fourth-order valence-corrected chi connectivity index (χ4v) is 1.75. The van der Waals surface area contributed by atoms with E-state index in [0.29, 0.717) is 0 Å². The van der Waals surface area contributed by atoms with Crippen molar-refractivity contribution in [1.82, 2.24) is 0 Å². The summed E-state index contributed by atoms with van der Waals surface area (Å²) in [5.74, 6) is -1.02. The zero-order chi connectivity index (χ0) is 12.1. The summed E-state index contributed by atoms with van der Waals surface area (Å²) in [5, 5.41) is 2.66. The van der Waals surface area contributed by atoms with Crippen LogP contribution in [-0.4, -0.2) is 11.8 Å². The van der Waals surface area contributed by atoms with E-state index in [1.165, 1.54) is 0 Å². The minimum Gasteiger partial charge on any atom is -0.366 e. The van der Waals surface area contributed by atoms with Crippen molar-refractivity contribution in [2.45, 2.75) is 6.92 Å². The third-order valence-electron chi connectivity index (χ3n) is 1.85. The highest BCUT2D eigenvalue weighted by Crippen LogP contribution is 2.17. The number of primary amides is 1. The summed E-state index contributed by atoms with van der Waals surface area (Å²) in [4.78, 5) is 21.8. The molecule has 5 heteroatoms. The smallest absolute Gasteiger partial charge is 0.248 e. The van der Waals surface area contributed by atoms with Crippen LogP contribution in [0.25, 0.3) is 0 Å². The lowest BCUT2D eigenvalue weighted by atomic mass is 10.2. The number of halogens is 1. The summed E-state index contributed by atoms with van der Waals surface area (Å²) < 4.78 is 1.10. The Balaban J connectivity index is 2.73. The zero-order valence-corrected chi connectivity index (χ0v) is 10.8. The molecule has 0 spiro atoms. The summed E-state index contributed by atoms with van der Waals surface area (Å²) in [6, 6.07) is 5.65. The first-order valence-electron chi connectivity index (χ1n) is 4.53. The first kappa shape index (κ1) is 12.7. The highest BCUT2D eigenvalue weighted by Gasteiger charge is 2.02. The Bertz CT molecular complexity index is 455. The summed E-state index contributed by atoms with van der Waals surface area (Å²) in [7, 11) is 0. The van der Waals surface area contributed by atoms with Crippen molar-refractivity contribution < 1.29 is 9.59 Å². The standard InChI is InChI=1S/C11H11IN2O2/c1-7-6-8(12)2-3-9(7)14-11(16)5-4-10(13)15/h2-6H,1H3,(H2,13,15)(H,14,16)/b5-4-. The van der Waals surface area contributed by atoms with E-state index in [1.54, 1.807) is 0 Å². The maximum absolute atomic E-state index is 11.3. The van der Waals surface area contributed by atoms with Crippen molar-refractivity contribution >= 4 is 40.1 Å². The average molecular weight is 330 g/mol. The molecule has 0 aromatic heterocycles. The van der Waals surface area contributed by atoms with Gasteiger partial charge < -0.3 is 11.1 Å². The van der Waals surface area contributed by atoms with Gasteiger partial charge in [0.2, 0.25) is 11.8 Å². The van der Waals surface area contributed by atoms with Gasteiger partial charge in [-0.3, -0.25) is 9.59 Å². The molecule has 0 atom stereocenters. The molecule has 0 aliphatic carbocycles. The van der Waals surface area contributed by atoms with Gasteiger partial charge in [-0.1, -0.05) is 0 Å². The molecule has 1 aromatic carbocycles. The molecule has 0 radical (unpaired) electrons. The van der Waals surface area contributed by atoms with Gasteiger partial charge in [0.05, 0.1) is 0 Å². The van der Waals surface area contributed by atoms with Crippen LogP contribution in [0, 0.1) is 10.5 Å². The van der Waals surface area contributed by atoms with E-state index in [9.17, 15) is 9.59 Å². The van der Waals surface area contributed by atoms with Crippen LogP contribution in [0.2, 0.25) is 0 Å². The van der Waals surface area contributed by atoms with Crippen LogP contribution in [-0.2, 0) is 9.59 Å². The molecule has 2 amide bonds. The third-order valence-corrected chi connectivity index (χ3v) is 2.52. The molecule has 84 valence electrons. The summed E-state index contributed by atoms with van der Waals surface area (Å²) in [6.07, 6.45) is 2.14. The van der Waals surface area contributed by atoms with E-state index in [2.05, 4.69) is 27.9 Å². The number of anilines is 1. The zero-order valence-electron chi connectivity index (χ0n) is 8.66. The third kappa shape index (κ3) is 4.01. The second-order valence-electron chi connectivity index (χ2n) is 3.18. The maximum atomic E-state index is 11.3. The average Bonchev–Trinajstić information content (AvgIpc) is 2.19. The van der Waals surface area contributed by atoms with E-state index in [1.807, 2.05) is 25.1 Å². The van der Waals surface area contributed by atoms with Crippen molar-refractivity contribution in [2.75, 3.05) is 5.32 Å². The van der Waals surface area contributed by atoms with Crippen LogP contribution in [0.3, 0.4) is 0 Å². The van der Waals surface area contributed by atoms with Crippen LogP contribution >= 0.6 is 22.6 Å². The second kappa shape index (κ2) is 5.64. The first-order valence-corrected chi connectivity index (χ1v) is 5.61. The van der Waals surface area contributed by atoms with Crippen LogP contribution < -0.4 is 11.1 Å². The highest BCUT2D eigenvalue weighted by atomic mass is 127. The number of hydrogen-bond acceptors (Lipinski definition) is 2. The van der Waals surface area contributed by atoms with Gasteiger partial charge in [0.25, 0.3) is 0 Å². The van der Waals surface area contributed by atoms with Gasteiger partial charge in [-0.15, -0.1) is 0 Å². The molecule has 16 heavy (non-hydrogen) atoms. The van der Waals surface area contributed by atoms with E-state index in [0.717, 1.165) is 27.0 Å². The van der Waals surface area contributed by atoms with Crippen LogP contribution in [0.4, 0.5) is 5.69 Å². The first-order chi connectivity index (χ1) is 7.49. The van der Waals surface area contributed by atoms with Gasteiger partial charge in [-0.2, -0.15) is 0 Å². The number of nitrogens with two attached hydrogens (primary N) is 1. The number of rotatable bonds is 3. The molecule has 0 saturated carbocycles. The van der Waals surface area contributed by atoms with Gasteiger partial charge in [-0.05, 0) is 53.3 Å². The Kier molecular flexibility index (Phi) is 4.48. The Labute approximate surface area is 107 Å². The monoisotopic (exact) mass is 330 g/mol. The molecule has 0 heterocycles. The van der Waals surface area contributed by atoms with Crippen molar-refractivity contribution in [1.29, 1.82) is 0 Å². The van der Waals surface area contributed by atoms with E-state index in [-0.39, 0.29) is 5.91 Å². The quantitative estimate of drug-likeness (QED) is 0.652. The Morgan fingerprint density at radius 1 is 1.38 bits per heavy atom. The number of nitrogens with one attached hydrogen (secondary N) is 1. The normalized spacial score (nSPS) is 10.4. The summed E-state index contributed by atoms with van der Waals surface area (Å²) in [6.45, 7) is 1.90. The lowest BCUT2D eigenvalue weighted by Gasteiger charge is -2.06. The van der Waals surface area contributed by atoms with Gasteiger partial charge in [-0.25, -0.2) is 0 Å². The van der Waals surface area contributed by atoms with Gasteiger partial charge in [0, 0.05) is 21.4 Å². The van der Waals surface area contributed by atoms with E-state index >= 15 is 0 Å². The number of aryl methyl sites for hydroxylation is 1. The minimum atomic E-state index is -0.644. The molecule has 0 fully saturated rings. The van der Waals surface area contributed by atoms with Crippen molar-refractivity contribution in [2.24, 2.45) is 5.73 Å². The molecule has 1 rings (SSSR count). The van der Waals surface area contributed by atoms with Crippen LogP contribution in [0.15, 0.2) is 30.4 Å². The molecule has 0 aliphatic heterocycles. The molecule has 0 bridgehead atoms. The Morgan fingerprint density at radius 3 is 2.62 bits per heavy atom. The Morgan fingerprint density at radius 2 is 2.06 bits per heavy atom. The summed E-state index contributed by atoms with van der Waals surface area (Å²) in [5.41, 5.74) is 6.56. The predicted octanol–water partition coefficient (Wildman–Crippen LogP) is 1.58. The number of hydrogen-bond donors (Lipinski definition) is 2.